The van der Waals surface area contributed by atoms with Crippen LogP contribution in [0.25, 0.3) is 10.9 Å². The van der Waals surface area contributed by atoms with E-state index in [9.17, 15) is 22.8 Å². The third-order valence-corrected chi connectivity index (χ3v) is 3.16. The molecule has 1 N–H and O–H groups in total. The highest BCUT2D eigenvalue weighted by molar-refractivity contribution is 6.07. The van der Waals surface area contributed by atoms with Crippen LogP contribution in [-0.4, -0.2) is 29.5 Å². The summed E-state index contributed by atoms with van der Waals surface area (Å²) in [5, 5.41) is 0.182. The van der Waals surface area contributed by atoms with E-state index < -0.39 is 24.0 Å². The molecule has 0 saturated carbocycles. The normalized spacial score (nSPS) is 11.4. The minimum absolute atomic E-state index is 0.0632. The topological polar surface area (TPSA) is 69.6 Å². The Hall–Kier alpha value is -2.71. The Morgan fingerprint density at radius 1 is 1.29 bits per heavy atom. The first-order chi connectivity index (χ1) is 11.1. The highest BCUT2D eigenvalue weighted by Crippen LogP contribution is 2.31. The van der Waals surface area contributed by atoms with Crippen molar-refractivity contribution in [3.8, 4) is 5.75 Å². The SMILES string of the molecule is CCOC(=O)c1c(C)n(NC(C)=O)c2ccc(OC(F)(F)F)cc12. The Balaban J connectivity index is 2.66. The lowest BCUT2D eigenvalue weighted by atomic mass is 10.1. The monoisotopic (exact) mass is 344 g/mol. The zero-order valence-electron chi connectivity index (χ0n) is 13.2. The maximum atomic E-state index is 12.4. The van der Waals surface area contributed by atoms with Crippen LogP contribution >= 0.6 is 0 Å². The molecule has 130 valence electrons. The van der Waals surface area contributed by atoms with Crippen LogP contribution in [0, 0.1) is 6.92 Å². The molecule has 1 aromatic heterocycles. The number of hydrogen-bond donors (Lipinski definition) is 1. The van der Waals surface area contributed by atoms with Crippen LogP contribution in [0.4, 0.5) is 13.2 Å². The first-order valence-corrected chi connectivity index (χ1v) is 6.99. The molecule has 1 amide bonds. The Kier molecular flexibility index (Phi) is 4.72. The van der Waals surface area contributed by atoms with Gasteiger partial charge < -0.3 is 9.47 Å². The third-order valence-electron chi connectivity index (χ3n) is 3.16. The summed E-state index contributed by atoms with van der Waals surface area (Å²) in [7, 11) is 0. The molecule has 24 heavy (non-hydrogen) atoms. The average Bonchev–Trinajstić information content (AvgIpc) is 2.69. The summed E-state index contributed by atoms with van der Waals surface area (Å²) in [5.74, 6) is -1.57. The third kappa shape index (κ3) is 3.61. The lowest BCUT2D eigenvalue weighted by Gasteiger charge is -2.10. The van der Waals surface area contributed by atoms with Crippen LogP contribution < -0.4 is 10.2 Å². The first kappa shape index (κ1) is 17.6. The summed E-state index contributed by atoms with van der Waals surface area (Å²) < 4.78 is 47.4. The van der Waals surface area contributed by atoms with Gasteiger partial charge in [-0.3, -0.25) is 14.9 Å². The number of halogens is 3. The fourth-order valence-electron chi connectivity index (χ4n) is 2.36. The van der Waals surface area contributed by atoms with Crippen molar-refractivity contribution in [3.63, 3.8) is 0 Å². The molecular formula is C15H15F3N2O4. The number of carbonyl (C=O) groups excluding carboxylic acids is 2. The summed E-state index contributed by atoms with van der Waals surface area (Å²) in [6.45, 7) is 4.53. The van der Waals surface area contributed by atoms with Crippen molar-refractivity contribution in [3.05, 3.63) is 29.5 Å². The van der Waals surface area contributed by atoms with E-state index in [1.807, 2.05) is 0 Å². The number of alkyl halides is 3. The van der Waals surface area contributed by atoms with Gasteiger partial charge in [0.1, 0.15) is 5.75 Å². The molecule has 2 aromatic rings. The quantitative estimate of drug-likeness (QED) is 0.865. The predicted molar refractivity (Wildman–Crippen MR) is 79.4 cm³/mol. The number of rotatable bonds is 4. The average molecular weight is 344 g/mol. The smallest absolute Gasteiger partial charge is 0.462 e. The van der Waals surface area contributed by atoms with E-state index in [2.05, 4.69) is 10.2 Å². The second kappa shape index (κ2) is 6.42. The van der Waals surface area contributed by atoms with Crippen molar-refractivity contribution >= 4 is 22.8 Å². The van der Waals surface area contributed by atoms with Gasteiger partial charge in [-0.2, -0.15) is 0 Å². The molecule has 0 spiro atoms. The maximum Gasteiger partial charge on any atom is 0.573 e. The molecule has 0 aliphatic rings. The predicted octanol–water partition coefficient (Wildman–Crippen LogP) is 3.12. The van der Waals surface area contributed by atoms with E-state index in [0.29, 0.717) is 11.2 Å². The molecule has 0 atom stereocenters. The van der Waals surface area contributed by atoms with Gasteiger partial charge in [0.25, 0.3) is 0 Å². The van der Waals surface area contributed by atoms with Crippen LogP contribution in [0.15, 0.2) is 18.2 Å². The summed E-state index contributed by atoms with van der Waals surface area (Å²) in [6, 6.07) is 3.50. The second-order valence-corrected chi connectivity index (χ2v) is 4.91. The number of ether oxygens (including phenoxy) is 2. The van der Waals surface area contributed by atoms with Gasteiger partial charge >= 0.3 is 12.3 Å². The second-order valence-electron chi connectivity index (χ2n) is 4.91. The molecule has 0 bridgehead atoms. The molecule has 0 saturated heterocycles. The number of nitrogens with one attached hydrogen (secondary N) is 1. The van der Waals surface area contributed by atoms with Crippen LogP contribution in [0.2, 0.25) is 0 Å². The van der Waals surface area contributed by atoms with Crippen LogP contribution in [0.5, 0.6) is 5.75 Å². The number of carbonyl (C=O) groups is 2. The molecule has 1 aromatic carbocycles. The van der Waals surface area contributed by atoms with Gasteiger partial charge in [-0.1, -0.05) is 0 Å². The van der Waals surface area contributed by atoms with E-state index >= 15 is 0 Å². The lowest BCUT2D eigenvalue weighted by molar-refractivity contribution is -0.274. The van der Waals surface area contributed by atoms with Crippen LogP contribution in [-0.2, 0) is 9.53 Å². The highest BCUT2D eigenvalue weighted by Gasteiger charge is 2.32. The van der Waals surface area contributed by atoms with Gasteiger partial charge in [0.15, 0.2) is 0 Å². The van der Waals surface area contributed by atoms with Crippen molar-refractivity contribution < 1.29 is 32.2 Å². The maximum absolute atomic E-state index is 12.4. The van der Waals surface area contributed by atoms with Gasteiger partial charge in [-0.25, -0.2) is 4.79 Å². The zero-order chi connectivity index (χ0) is 18.1. The van der Waals surface area contributed by atoms with E-state index in [-0.39, 0.29) is 17.6 Å². The number of amides is 1. The van der Waals surface area contributed by atoms with E-state index in [0.717, 1.165) is 12.1 Å². The number of nitrogens with zero attached hydrogens (tertiary/aromatic N) is 1. The molecule has 0 aliphatic carbocycles. The summed E-state index contributed by atoms with van der Waals surface area (Å²) >= 11 is 0. The molecule has 0 aliphatic heterocycles. The zero-order valence-corrected chi connectivity index (χ0v) is 13.2. The number of aromatic nitrogens is 1. The van der Waals surface area contributed by atoms with Crippen LogP contribution in [0.3, 0.4) is 0 Å². The molecule has 0 unspecified atom stereocenters. The fourth-order valence-corrected chi connectivity index (χ4v) is 2.36. The standard InChI is InChI=1S/C15H15F3N2O4/c1-4-23-14(22)13-8(2)20(19-9(3)21)12-6-5-10(7-11(12)13)24-15(16,17)18/h5-7H,4H2,1-3H3,(H,19,21). The molecule has 6 nitrogen and oxygen atoms in total. The molecule has 0 fully saturated rings. The van der Waals surface area contributed by atoms with Gasteiger partial charge in [0.2, 0.25) is 5.91 Å². The largest absolute Gasteiger partial charge is 0.573 e. The van der Waals surface area contributed by atoms with Crippen molar-refractivity contribution in [2.24, 2.45) is 0 Å². The van der Waals surface area contributed by atoms with Gasteiger partial charge in [-0.05, 0) is 32.0 Å². The van der Waals surface area contributed by atoms with Crippen molar-refractivity contribution in [2.75, 3.05) is 12.0 Å². The Labute approximate surface area is 135 Å². The van der Waals surface area contributed by atoms with Gasteiger partial charge in [-0.15, -0.1) is 13.2 Å². The molecule has 0 radical (unpaired) electrons. The van der Waals surface area contributed by atoms with Crippen molar-refractivity contribution in [1.82, 2.24) is 4.68 Å². The summed E-state index contributed by atoms with van der Waals surface area (Å²) in [6.07, 6.45) is -4.85. The van der Waals surface area contributed by atoms with Gasteiger partial charge in [0, 0.05) is 12.3 Å². The van der Waals surface area contributed by atoms with Crippen molar-refractivity contribution in [1.29, 1.82) is 0 Å². The van der Waals surface area contributed by atoms with Crippen molar-refractivity contribution in [2.45, 2.75) is 27.1 Å². The minimum atomic E-state index is -4.85. The highest BCUT2D eigenvalue weighted by atomic mass is 19.4. The van der Waals surface area contributed by atoms with Gasteiger partial charge in [0.05, 0.1) is 23.4 Å². The van der Waals surface area contributed by atoms with Crippen LogP contribution in [0.1, 0.15) is 29.9 Å². The number of hydrogen-bond acceptors (Lipinski definition) is 4. The Morgan fingerprint density at radius 3 is 2.50 bits per heavy atom. The molecule has 2 rings (SSSR count). The Bertz CT molecular complexity index is 796. The van der Waals surface area contributed by atoms with E-state index in [1.165, 1.54) is 17.7 Å². The fraction of sp³-hybridized carbons (Fsp3) is 0.333. The molecule has 9 heteroatoms. The number of benzene rings is 1. The van der Waals surface area contributed by atoms with E-state index in [4.69, 9.17) is 4.74 Å². The first-order valence-electron chi connectivity index (χ1n) is 6.99. The minimum Gasteiger partial charge on any atom is -0.462 e. The summed E-state index contributed by atoms with van der Waals surface area (Å²) in [4.78, 5) is 23.5. The summed E-state index contributed by atoms with van der Waals surface area (Å²) in [5.41, 5.74) is 3.25. The molecular weight excluding hydrogens is 329 g/mol. The number of fused-ring (bicyclic) bond motifs is 1. The number of esters is 1. The lowest BCUT2D eigenvalue weighted by Crippen LogP contribution is -2.21. The van der Waals surface area contributed by atoms with E-state index in [1.54, 1.807) is 13.8 Å². The Morgan fingerprint density at radius 2 is 1.96 bits per heavy atom. The molecule has 1 heterocycles.